The van der Waals surface area contributed by atoms with Gasteiger partial charge in [0.1, 0.15) is 5.57 Å². The number of hydrogen-bond donors (Lipinski definition) is 1. The molecule has 0 radical (unpaired) electrons. The van der Waals surface area contributed by atoms with Crippen LogP contribution in [0.2, 0.25) is 0 Å². The maximum atomic E-state index is 10.6. The number of carbonyl (C=O) groups is 3. The molecule has 2 amide bonds. The Hall–Kier alpha value is -1.85. The summed E-state index contributed by atoms with van der Waals surface area (Å²) < 4.78 is 0. The summed E-state index contributed by atoms with van der Waals surface area (Å²) in [4.78, 5) is 31.1. The minimum absolute atomic E-state index is 0.211. The zero-order chi connectivity index (χ0) is 8.43. The summed E-state index contributed by atoms with van der Waals surface area (Å²) in [6.45, 7) is 0. The Kier molecular flexibility index (Phi) is 1.59. The number of hydrogen-bond acceptors (Lipinski definition) is 4. The van der Waals surface area contributed by atoms with Gasteiger partial charge >= 0.3 is 5.91 Å². The highest BCUT2D eigenvalue weighted by Gasteiger charge is 2.23. The first-order valence-electron chi connectivity index (χ1n) is 2.62. The van der Waals surface area contributed by atoms with Gasteiger partial charge in [0.15, 0.2) is 12.0 Å². The van der Waals surface area contributed by atoms with Crippen LogP contribution in [0.4, 0.5) is 0 Å². The Labute approximate surface area is 60.8 Å². The summed E-state index contributed by atoms with van der Waals surface area (Å²) in [5, 5.41) is 6.09. The smallest absolute Gasteiger partial charge is 0.301 e. The number of aldehydes is 1. The molecule has 2 N–H and O–H groups in total. The highest BCUT2D eigenvalue weighted by Crippen LogP contribution is 2.13. The molecular formula is C5H3N3O3. The van der Waals surface area contributed by atoms with Crippen LogP contribution in [0.1, 0.15) is 0 Å². The molecule has 1 heterocycles. The maximum absolute atomic E-state index is 10.6. The second-order valence-corrected chi connectivity index (χ2v) is 1.75. The van der Waals surface area contributed by atoms with E-state index in [-0.39, 0.29) is 17.6 Å². The van der Waals surface area contributed by atoms with Crippen LogP contribution in [0.25, 0.3) is 0 Å². The van der Waals surface area contributed by atoms with Crippen molar-refractivity contribution in [3.63, 3.8) is 0 Å². The summed E-state index contributed by atoms with van der Waals surface area (Å²) in [7, 11) is 0. The second-order valence-electron chi connectivity index (χ2n) is 1.75. The molecule has 6 nitrogen and oxygen atoms in total. The fourth-order valence-corrected chi connectivity index (χ4v) is 0.593. The van der Waals surface area contributed by atoms with E-state index in [0.29, 0.717) is 0 Å². The fraction of sp³-hybridized carbons (Fsp3) is 0. The topological polar surface area (TPSA) is 102 Å². The number of amides is 2. The van der Waals surface area contributed by atoms with Gasteiger partial charge in [-0.1, -0.05) is 0 Å². The van der Waals surface area contributed by atoms with Crippen LogP contribution >= 0.6 is 0 Å². The van der Waals surface area contributed by atoms with E-state index in [1.54, 1.807) is 0 Å². The molecule has 0 atom stereocenters. The van der Waals surface area contributed by atoms with Crippen LogP contribution in [0.5, 0.6) is 0 Å². The second kappa shape index (κ2) is 2.41. The maximum Gasteiger partial charge on any atom is 0.301 e. The molecule has 0 fully saturated rings. The zero-order valence-corrected chi connectivity index (χ0v) is 5.27. The highest BCUT2D eigenvalue weighted by atomic mass is 16.2. The Balaban J connectivity index is 3.17. The van der Waals surface area contributed by atoms with Crippen molar-refractivity contribution >= 4 is 18.1 Å². The van der Waals surface area contributed by atoms with Crippen LogP contribution in [0.15, 0.2) is 21.5 Å². The van der Waals surface area contributed by atoms with E-state index in [0.717, 1.165) is 0 Å². The number of primary amides is 1. The summed E-state index contributed by atoms with van der Waals surface area (Å²) in [6, 6.07) is 0. The molecule has 0 saturated carbocycles. The van der Waals surface area contributed by atoms with Crippen molar-refractivity contribution in [3.8, 4) is 0 Å². The lowest BCUT2D eigenvalue weighted by molar-refractivity contribution is -0.118. The molecule has 0 bridgehead atoms. The van der Waals surface area contributed by atoms with Crippen molar-refractivity contribution in [1.82, 2.24) is 0 Å². The number of nitrogens with two attached hydrogens (primary N) is 1. The first kappa shape index (κ1) is 7.26. The van der Waals surface area contributed by atoms with E-state index < -0.39 is 11.8 Å². The lowest BCUT2D eigenvalue weighted by Gasteiger charge is -1.86. The molecule has 0 aromatic heterocycles. The van der Waals surface area contributed by atoms with Gasteiger partial charge in [-0.15, -0.1) is 10.2 Å². The van der Waals surface area contributed by atoms with Crippen molar-refractivity contribution in [1.29, 1.82) is 0 Å². The SMILES string of the molecule is NC(=O)C1=C(C=O)C(=O)N=N1. The van der Waals surface area contributed by atoms with E-state index >= 15 is 0 Å². The van der Waals surface area contributed by atoms with Gasteiger partial charge in [-0.25, -0.2) is 0 Å². The van der Waals surface area contributed by atoms with Gasteiger partial charge < -0.3 is 5.73 Å². The third-order valence-corrected chi connectivity index (χ3v) is 1.08. The Morgan fingerprint density at radius 1 is 1.45 bits per heavy atom. The van der Waals surface area contributed by atoms with Gasteiger partial charge in [-0.3, -0.25) is 14.4 Å². The van der Waals surface area contributed by atoms with Gasteiger partial charge in [0.25, 0.3) is 5.91 Å². The van der Waals surface area contributed by atoms with Crippen LogP contribution in [-0.4, -0.2) is 18.1 Å². The van der Waals surface area contributed by atoms with Crippen molar-refractivity contribution in [2.45, 2.75) is 0 Å². The molecule has 1 aliphatic rings. The van der Waals surface area contributed by atoms with E-state index in [9.17, 15) is 14.4 Å². The highest BCUT2D eigenvalue weighted by molar-refractivity contribution is 6.18. The van der Waals surface area contributed by atoms with E-state index in [2.05, 4.69) is 10.2 Å². The van der Waals surface area contributed by atoms with E-state index in [1.165, 1.54) is 0 Å². The summed E-state index contributed by atoms with van der Waals surface area (Å²) in [6.07, 6.45) is 0.211. The largest absolute Gasteiger partial charge is 0.364 e. The minimum atomic E-state index is -0.929. The predicted molar refractivity (Wildman–Crippen MR) is 32.1 cm³/mol. The Bertz CT molecular complexity index is 302. The monoisotopic (exact) mass is 153 g/mol. The predicted octanol–water partition coefficient (Wildman–Crippen LogP) is -1.08. The van der Waals surface area contributed by atoms with Crippen LogP contribution in [0.3, 0.4) is 0 Å². The lowest BCUT2D eigenvalue weighted by Crippen LogP contribution is -2.14. The Morgan fingerprint density at radius 2 is 2.09 bits per heavy atom. The fourth-order valence-electron chi connectivity index (χ4n) is 0.593. The number of nitrogens with zero attached hydrogens (tertiary/aromatic N) is 2. The van der Waals surface area contributed by atoms with Gasteiger partial charge in [0, 0.05) is 0 Å². The number of azo groups is 1. The van der Waals surface area contributed by atoms with Crippen molar-refractivity contribution in [2.75, 3.05) is 0 Å². The minimum Gasteiger partial charge on any atom is -0.364 e. The Morgan fingerprint density at radius 3 is 2.45 bits per heavy atom. The van der Waals surface area contributed by atoms with Gasteiger partial charge in [0.05, 0.1) is 0 Å². The molecule has 0 spiro atoms. The zero-order valence-electron chi connectivity index (χ0n) is 5.27. The molecule has 0 saturated heterocycles. The van der Waals surface area contributed by atoms with Crippen LogP contribution in [-0.2, 0) is 14.4 Å². The van der Waals surface area contributed by atoms with Crippen molar-refractivity contribution in [3.05, 3.63) is 11.3 Å². The summed E-state index contributed by atoms with van der Waals surface area (Å²) in [5.41, 5.74) is 4.02. The van der Waals surface area contributed by atoms with Gasteiger partial charge in [-0.2, -0.15) is 0 Å². The van der Waals surface area contributed by atoms with Crippen molar-refractivity contribution in [2.24, 2.45) is 16.0 Å². The van der Waals surface area contributed by atoms with Gasteiger partial charge in [0.2, 0.25) is 0 Å². The molecule has 0 aromatic carbocycles. The third-order valence-electron chi connectivity index (χ3n) is 1.08. The molecule has 0 unspecified atom stereocenters. The lowest BCUT2D eigenvalue weighted by atomic mass is 10.2. The molecule has 1 rings (SSSR count). The molecule has 11 heavy (non-hydrogen) atoms. The van der Waals surface area contributed by atoms with Crippen LogP contribution in [0, 0.1) is 0 Å². The molecule has 6 heteroatoms. The molecule has 0 aliphatic carbocycles. The molecular weight excluding hydrogens is 150 g/mol. The normalized spacial score (nSPS) is 15.8. The quantitative estimate of drug-likeness (QED) is 0.403. The first-order valence-corrected chi connectivity index (χ1v) is 2.62. The molecule has 1 aliphatic heterocycles. The standard InChI is InChI=1S/C5H3N3O3/c6-4(10)3-2(1-9)5(11)8-7-3/h1H,(H2,6,10). The number of rotatable bonds is 2. The third kappa shape index (κ3) is 1.05. The van der Waals surface area contributed by atoms with Crippen LogP contribution < -0.4 is 5.73 Å². The number of carbonyl (C=O) groups excluding carboxylic acids is 3. The van der Waals surface area contributed by atoms with E-state index in [1.807, 2.05) is 0 Å². The van der Waals surface area contributed by atoms with Gasteiger partial charge in [-0.05, 0) is 0 Å². The van der Waals surface area contributed by atoms with Crippen molar-refractivity contribution < 1.29 is 14.4 Å². The first-order chi connectivity index (χ1) is 5.16. The molecule has 0 aromatic rings. The van der Waals surface area contributed by atoms with E-state index in [4.69, 9.17) is 5.73 Å². The average molecular weight is 153 g/mol. The average Bonchev–Trinajstić information content (AvgIpc) is 2.30. The summed E-state index contributed by atoms with van der Waals surface area (Å²) >= 11 is 0. The molecule has 56 valence electrons. The summed E-state index contributed by atoms with van der Waals surface area (Å²) in [5.74, 6) is -1.75.